The van der Waals surface area contributed by atoms with Gasteiger partial charge in [-0.2, -0.15) is 0 Å². The average molecular weight is 504 g/mol. The summed E-state index contributed by atoms with van der Waals surface area (Å²) in [4.78, 5) is 40.6. The minimum absolute atomic E-state index is 0.0288. The van der Waals surface area contributed by atoms with E-state index < -0.39 is 17.9 Å². The lowest BCUT2D eigenvalue weighted by molar-refractivity contribution is 0.0526. The predicted molar refractivity (Wildman–Crippen MR) is 128 cm³/mol. The first-order valence-corrected chi connectivity index (χ1v) is 11.2. The summed E-state index contributed by atoms with van der Waals surface area (Å²) in [7, 11) is 0. The van der Waals surface area contributed by atoms with Crippen molar-refractivity contribution in [1.82, 2.24) is 0 Å². The summed E-state index contributed by atoms with van der Waals surface area (Å²) in [6.45, 7) is 2.01. The largest absolute Gasteiger partial charge is 0.462 e. The Morgan fingerprint density at radius 1 is 1.00 bits per heavy atom. The van der Waals surface area contributed by atoms with Crippen LogP contribution in [0.5, 0.6) is 0 Å². The van der Waals surface area contributed by atoms with Crippen molar-refractivity contribution in [2.45, 2.75) is 13.0 Å². The van der Waals surface area contributed by atoms with Crippen molar-refractivity contribution in [1.29, 1.82) is 0 Å². The van der Waals surface area contributed by atoms with Gasteiger partial charge in [0.1, 0.15) is 5.58 Å². The number of benzene rings is 3. The molecule has 0 bridgehead atoms. The molecule has 164 valence electrons. The first-order chi connectivity index (χ1) is 16.0. The van der Waals surface area contributed by atoms with Crippen LogP contribution in [0.1, 0.15) is 45.0 Å². The van der Waals surface area contributed by atoms with Crippen molar-refractivity contribution in [2.24, 2.45) is 0 Å². The molecule has 1 atom stereocenters. The number of ether oxygens (including phenoxy) is 1. The van der Waals surface area contributed by atoms with Crippen molar-refractivity contribution >= 4 is 44.5 Å². The van der Waals surface area contributed by atoms with Gasteiger partial charge in [0.2, 0.25) is 5.76 Å². The molecule has 2 heterocycles. The van der Waals surface area contributed by atoms with Crippen molar-refractivity contribution in [3.63, 3.8) is 0 Å². The molecule has 6 nitrogen and oxygen atoms in total. The summed E-state index contributed by atoms with van der Waals surface area (Å²) in [6, 6.07) is 20.2. The SMILES string of the molecule is CCOC(=O)c1ccc(N2C(=O)c3oc4ccccc4c(=O)c3C2c2ccc(Br)cc2)cc1. The van der Waals surface area contributed by atoms with Crippen LogP contribution >= 0.6 is 15.9 Å². The van der Waals surface area contributed by atoms with Gasteiger partial charge >= 0.3 is 5.97 Å². The van der Waals surface area contributed by atoms with Gasteiger partial charge in [0.05, 0.1) is 29.2 Å². The highest BCUT2D eigenvalue weighted by molar-refractivity contribution is 9.10. The molecule has 4 aromatic rings. The molecule has 1 aliphatic heterocycles. The predicted octanol–water partition coefficient (Wildman–Crippen LogP) is 5.48. The lowest BCUT2D eigenvalue weighted by Gasteiger charge is -2.25. The second-order valence-electron chi connectivity index (χ2n) is 7.57. The van der Waals surface area contributed by atoms with Crippen LogP contribution in [0.4, 0.5) is 5.69 Å². The Balaban J connectivity index is 1.69. The molecular formula is C26H18BrNO5. The number of rotatable bonds is 4. The van der Waals surface area contributed by atoms with Crippen LogP contribution in [0.3, 0.4) is 0 Å². The lowest BCUT2D eigenvalue weighted by Crippen LogP contribution is -2.29. The van der Waals surface area contributed by atoms with Crippen LogP contribution in [-0.2, 0) is 4.74 Å². The van der Waals surface area contributed by atoms with Gasteiger partial charge in [-0.05, 0) is 61.0 Å². The van der Waals surface area contributed by atoms with Gasteiger partial charge in [-0.15, -0.1) is 0 Å². The molecular weight excluding hydrogens is 486 g/mol. The van der Waals surface area contributed by atoms with Crippen molar-refractivity contribution in [3.05, 3.63) is 110 Å². The highest BCUT2D eigenvalue weighted by Crippen LogP contribution is 2.41. The van der Waals surface area contributed by atoms with Crippen LogP contribution in [-0.4, -0.2) is 18.5 Å². The molecule has 1 aliphatic rings. The quantitative estimate of drug-likeness (QED) is 0.344. The van der Waals surface area contributed by atoms with Crippen molar-refractivity contribution < 1.29 is 18.7 Å². The molecule has 1 amide bonds. The van der Waals surface area contributed by atoms with Gasteiger partial charge in [0.15, 0.2) is 5.43 Å². The summed E-state index contributed by atoms with van der Waals surface area (Å²) >= 11 is 3.43. The number of halogens is 1. The van der Waals surface area contributed by atoms with Crippen LogP contribution in [0, 0.1) is 0 Å². The van der Waals surface area contributed by atoms with Crippen molar-refractivity contribution in [3.8, 4) is 0 Å². The molecule has 0 fully saturated rings. The maximum atomic E-state index is 13.6. The van der Waals surface area contributed by atoms with E-state index in [0.29, 0.717) is 27.8 Å². The fourth-order valence-electron chi connectivity index (χ4n) is 4.12. The number of esters is 1. The van der Waals surface area contributed by atoms with E-state index in [-0.39, 0.29) is 17.8 Å². The monoisotopic (exact) mass is 503 g/mol. The minimum Gasteiger partial charge on any atom is -0.462 e. The Morgan fingerprint density at radius 3 is 2.39 bits per heavy atom. The number of hydrogen-bond donors (Lipinski definition) is 0. The third-order valence-corrected chi connectivity index (χ3v) is 6.15. The molecule has 5 rings (SSSR count). The van der Waals surface area contributed by atoms with E-state index in [1.54, 1.807) is 55.5 Å². The number of para-hydroxylation sites is 1. The standard InChI is InChI=1S/C26H18BrNO5/c1-2-32-26(31)16-9-13-18(14-10-16)28-22(15-7-11-17(27)12-8-15)21-23(29)19-5-3-4-6-20(19)33-24(21)25(28)30/h3-14,22H,2H2,1H3. The third-order valence-electron chi connectivity index (χ3n) is 5.62. The van der Waals surface area contributed by atoms with Crippen LogP contribution in [0.2, 0.25) is 0 Å². The van der Waals surface area contributed by atoms with Gasteiger partial charge < -0.3 is 9.15 Å². The third kappa shape index (κ3) is 3.54. The maximum Gasteiger partial charge on any atom is 0.338 e. The molecule has 33 heavy (non-hydrogen) atoms. The number of nitrogens with zero attached hydrogens (tertiary/aromatic N) is 1. The molecule has 0 spiro atoms. The zero-order valence-electron chi connectivity index (χ0n) is 17.6. The molecule has 0 saturated heterocycles. The van der Waals surface area contributed by atoms with E-state index in [1.807, 2.05) is 24.3 Å². The van der Waals surface area contributed by atoms with E-state index >= 15 is 0 Å². The lowest BCUT2D eigenvalue weighted by atomic mass is 9.98. The Labute approximate surface area is 197 Å². The van der Waals surface area contributed by atoms with Gasteiger partial charge in [-0.1, -0.05) is 40.2 Å². The molecule has 3 aromatic carbocycles. The number of amides is 1. The summed E-state index contributed by atoms with van der Waals surface area (Å²) in [5.41, 5.74) is 2.11. The summed E-state index contributed by atoms with van der Waals surface area (Å²) in [6.07, 6.45) is 0. The van der Waals surface area contributed by atoms with Crippen LogP contribution in [0.25, 0.3) is 11.0 Å². The number of fused-ring (bicyclic) bond motifs is 2. The van der Waals surface area contributed by atoms with Gasteiger partial charge in [-0.25, -0.2) is 4.79 Å². The fraction of sp³-hybridized carbons (Fsp3) is 0.115. The number of carbonyl (C=O) groups is 2. The first-order valence-electron chi connectivity index (χ1n) is 10.4. The summed E-state index contributed by atoms with van der Waals surface area (Å²) in [5, 5.41) is 0.422. The second-order valence-corrected chi connectivity index (χ2v) is 8.48. The fourth-order valence-corrected chi connectivity index (χ4v) is 4.38. The Bertz CT molecular complexity index is 1440. The first kappa shape index (κ1) is 21.2. The number of carbonyl (C=O) groups excluding carboxylic acids is 2. The Hall–Kier alpha value is -3.71. The summed E-state index contributed by atoms with van der Waals surface area (Å²) < 4.78 is 11.9. The minimum atomic E-state index is -0.671. The normalized spacial score (nSPS) is 15.0. The molecule has 0 N–H and O–H groups in total. The smallest absolute Gasteiger partial charge is 0.338 e. The van der Waals surface area contributed by atoms with E-state index in [1.165, 1.54) is 4.90 Å². The van der Waals surface area contributed by atoms with E-state index in [9.17, 15) is 14.4 Å². The van der Waals surface area contributed by atoms with Crippen LogP contribution < -0.4 is 10.3 Å². The van der Waals surface area contributed by atoms with Crippen molar-refractivity contribution in [2.75, 3.05) is 11.5 Å². The number of hydrogen-bond acceptors (Lipinski definition) is 5. The highest BCUT2D eigenvalue weighted by atomic mass is 79.9. The molecule has 7 heteroatoms. The van der Waals surface area contributed by atoms with Gasteiger partial charge in [0.25, 0.3) is 5.91 Å². The van der Waals surface area contributed by atoms with E-state index in [4.69, 9.17) is 9.15 Å². The van der Waals surface area contributed by atoms with Gasteiger partial charge in [-0.3, -0.25) is 14.5 Å². The average Bonchev–Trinajstić information content (AvgIpc) is 3.12. The van der Waals surface area contributed by atoms with E-state index in [2.05, 4.69) is 15.9 Å². The van der Waals surface area contributed by atoms with Crippen LogP contribution in [0.15, 0.2) is 86.5 Å². The van der Waals surface area contributed by atoms with E-state index in [0.717, 1.165) is 10.0 Å². The second kappa shape index (κ2) is 8.33. The molecule has 1 unspecified atom stereocenters. The highest BCUT2D eigenvalue weighted by Gasteiger charge is 2.43. The Kier molecular flexibility index (Phi) is 5.34. The topological polar surface area (TPSA) is 76.8 Å². The zero-order valence-corrected chi connectivity index (χ0v) is 19.2. The summed E-state index contributed by atoms with van der Waals surface area (Å²) in [5.74, 6) is -0.821. The Morgan fingerprint density at radius 2 is 1.70 bits per heavy atom. The molecule has 0 aliphatic carbocycles. The molecule has 1 aromatic heterocycles. The number of anilines is 1. The molecule has 0 radical (unpaired) electrons. The van der Waals surface area contributed by atoms with Gasteiger partial charge in [0, 0.05) is 10.2 Å². The maximum absolute atomic E-state index is 13.6. The molecule has 0 saturated carbocycles. The zero-order chi connectivity index (χ0) is 23.1.